The van der Waals surface area contributed by atoms with Gasteiger partial charge in [0.1, 0.15) is 5.82 Å². The van der Waals surface area contributed by atoms with E-state index in [1.54, 1.807) is 6.07 Å². The lowest BCUT2D eigenvalue weighted by atomic mass is 10.1. The van der Waals surface area contributed by atoms with Gasteiger partial charge in [0, 0.05) is 16.1 Å². The SMILES string of the molecule is CCCCCc1c[nH]c2c(Br)cc(F)cc12. The number of unbranched alkanes of at least 4 members (excludes halogenated alkanes) is 2. The lowest BCUT2D eigenvalue weighted by Crippen LogP contribution is -1.84. The highest BCUT2D eigenvalue weighted by molar-refractivity contribution is 9.10. The van der Waals surface area contributed by atoms with E-state index in [0.717, 1.165) is 28.2 Å². The third-order valence-electron chi connectivity index (χ3n) is 2.84. The number of nitrogens with one attached hydrogen (secondary N) is 1. The topological polar surface area (TPSA) is 15.8 Å². The van der Waals surface area contributed by atoms with E-state index in [4.69, 9.17) is 0 Å². The summed E-state index contributed by atoms with van der Waals surface area (Å²) in [6.45, 7) is 2.19. The van der Waals surface area contributed by atoms with Gasteiger partial charge >= 0.3 is 0 Å². The van der Waals surface area contributed by atoms with Crippen LogP contribution in [0.4, 0.5) is 4.39 Å². The molecule has 2 rings (SSSR count). The zero-order valence-electron chi connectivity index (χ0n) is 9.32. The molecule has 3 heteroatoms. The van der Waals surface area contributed by atoms with Gasteiger partial charge < -0.3 is 4.98 Å². The molecule has 1 heterocycles. The number of aryl methyl sites for hydroxylation is 1. The molecule has 1 N–H and O–H groups in total. The Bertz CT molecular complexity index is 490. The maximum absolute atomic E-state index is 13.3. The lowest BCUT2D eigenvalue weighted by molar-refractivity contribution is 0.628. The van der Waals surface area contributed by atoms with Crippen LogP contribution in [-0.2, 0) is 6.42 Å². The fraction of sp³-hybridized carbons (Fsp3) is 0.385. The van der Waals surface area contributed by atoms with Crippen LogP contribution in [0.15, 0.2) is 22.8 Å². The van der Waals surface area contributed by atoms with Crippen LogP contribution in [0.2, 0.25) is 0 Å². The zero-order valence-corrected chi connectivity index (χ0v) is 10.9. The second-order valence-electron chi connectivity index (χ2n) is 4.08. The van der Waals surface area contributed by atoms with E-state index < -0.39 is 0 Å². The number of aromatic nitrogens is 1. The van der Waals surface area contributed by atoms with Crippen molar-refractivity contribution < 1.29 is 4.39 Å². The molecular weight excluding hydrogens is 269 g/mol. The Morgan fingerprint density at radius 3 is 2.88 bits per heavy atom. The fourth-order valence-electron chi connectivity index (χ4n) is 1.98. The summed E-state index contributed by atoms with van der Waals surface area (Å²) in [4.78, 5) is 3.20. The van der Waals surface area contributed by atoms with Crippen LogP contribution in [0.5, 0.6) is 0 Å². The number of fused-ring (bicyclic) bond motifs is 1. The van der Waals surface area contributed by atoms with Crippen LogP contribution < -0.4 is 0 Å². The summed E-state index contributed by atoms with van der Waals surface area (Å²) in [5.74, 6) is -0.185. The van der Waals surface area contributed by atoms with Crippen molar-refractivity contribution in [1.29, 1.82) is 0 Å². The van der Waals surface area contributed by atoms with Gasteiger partial charge in [-0.25, -0.2) is 4.39 Å². The van der Waals surface area contributed by atoms with E-state index in [1.807, 2.05) is 6.20 Å². The van der Waals surface area contributed by atoms with Gasteiger partial charge in [0.05, 0.1) is 5.52 Å². The number of halogens is 2. The number of H-pyrrole nitrogens is 1. The average molecular weight is 284 g/mol. The molecule has 0 aliphatic rings. The van der Waals surface area contributed by atoms with E-state index >= 15 is 0 Å². The highest BCUT2D eigenvalue weighted by Crippen LogP contribution is 2.28. The predicted octanol–water partition coefficient (Wildman–Crippen LogP) is 4.80. The highest BCUT2D eigenvalue weighted by Gasteiger charge is 2.08. The summed E-state index contributed by atoms with van der Waals surface area (Å²) in [7, 11) is 0. The fourth-order valence-corrected chi connectivity index (χ4v) is 2.53. The molecule has 0 radical (unpaired) electrons. The number of hydrogen-bond acceptors (Lipinski definition) is 0. The van der Waals surface area contributed by atoms with Crippen LogP contribution in [0.3, 0.4) is 0 Å². The molecule has 1 nitrogen and oxygen atoms in total. The Morgan fingerprint density at radius 1 is 1.31 bits per heavy atom. The predicted molar refractivity (Wildman–Crippen MR) is 69.2 cm³/mol. The van der Waals surface area contributed by atoms with Gasteiger partial charge in [0.2, 0.25) is 0 Å². The van der Waals surface area contributed by atoms with Crippen LogP contribution in [-0.4, -0.2) is 4.98 Å². The first-order chi connectivity index (χ1) is 7.72. The molecular formula is C13H15BrFN. The smallest absolute Gasteiger partial charge is 0.125 e. The van der Waals surface area contributed by atoms with E-state index in [0.29, 0.717) is 0 Å². The molecule has 0 unspecified atom stereocenters. The molecule has 16 heavy (non-hydrogen) atoms. The summed E-state index contributed by atoms with van der Waals surface area (Å²) >= 11 is 3.37. The standard InChI is InChI=1S/C13H15BrFN/c1-2-3-4-5-9-8-16-13-11(9)6-10(15)7-12(13)14/h6-8,16H,2-5H2,1H3. The molecule has 0 atom stereocenters. The van der Waals surface area contributed by atoms with Crippen LogP contribution in [0, 0.1) is 5.82 Å². The first-order valence-corrected chi connectivity index (χ1v) is 6.46. The molecule has 0 bridgehead atoms. The van der Waals surface area contributed by atoms with Crippen molar-refractivity contribution in [3.8, 4) is 0 Å². The second-order valence-corrected chi connectivity index (χ2v) is 4.94. The maximum Gasteiger partial charge on any atom is 0.125 e. The van der Waals surface area contributed by atoms with Crippen molar-refractivity contribution in [2.45, 2.75) is 32.6 Å². The number of rotatable bonds is 4. The summed E-state index contributed by atoms with van der Waals surface area (Å²) in [6, 6.07) is 3.10. The summed E-state index contributed by atoms with van der Waals surface area (Å²) < 4.78 is 14.1. The largest absolute Gasteiger partial charge is 0.360 e. The minimum absolute atomic E-state index is 0.185. The molecule has 0 aliphatic carbocycles. The summed E-state index contributed by atoms with van der Waals surface area (Å²) in [5, 5.41) is 1.00. The zero-order chi connectivity index (χ0) is 11.5. The quantitative estimate of drug-likeness (QED) is 0.776. The van der Waals surface area contributed by atoms with Gasteiger partial charge in [-0.3, -0.25) is 0 Å². The normalized spacial score (nSPS) is 11.2. The van der Waals surface area contributed by atoms with E-state index in [9.17, 15) is 4.39 Å². The molecule has 2 aromatic rings. The van der Waals surface area contributed by atoms with Crippen molar-refractivity contribution in [3.63, 3.8) is 0 Å². The molecule has 0 spiro atoms. The van der Waals surface area contributed by atoms with Crippen molar-refractivity contribution in [1.82, 2.24) is 4.98 Å². The molecule has 0 saturated carbocycles. The van der Waals surface area contributed by atoms with Gasteiger partial charge in [-0.2, -0.15) is 0 Å². The molecule has 0 fully saturated rings. The van der Waals surface area contributed by atoms with Gasteiger partial charge in [-0.1, -0.05) is 19.8 Å². The van der Waals surface area contributed by atoms with Crippen LogP contribution in [0.25, 0.3) is 10.9 Å². The van der Waals surface area contributed by atoms with Crippen molar-refractivity contribution >= 4 is 26.8 Å². The summed E-state index contributed by atoms with van der Waals surface area (Å²) in [6.07, 6.45) is 6.61. The van der Waals surface area contributed by atoms with Crippen molar-refractivity contribution in [2.24, 2.45) is 0 Å². The first-order valence-electron chi connectivity index (χ1n) is 5.67. The molecule has 0 saturated heterocycles. The van der Waals surface area contributed by atoms with Gasteiger partial charge in [0.15, 0.2) is 0 Å². The van der Waals surface area contributed by atoms with Crippen LogP contribution in [0.1, 0.15) is 31.7 Å². The Balaban J connectivity index is 2.32. The third kappa shape index (κ3) is 2.29. The minimum Gasteiger partial charge on any atom is -0.360 e. The first kappa shape index (κ1) is 11.6. The summed E-state index contributed by atoms with van der Waals surface area (Å²) in [5.41, 5.74) is 2.21. The highest BCUT2D eigenvalue weighted by atomic mass is 79.9. The monoisotopic (exact) mass is 283 g/mol. The number of aromatic amines is 1. The van der Waals surface area contributed by atoms with E-state index in [-0.39, 0.29) is 5.82 Å². The Kier molecular flexibility index (Phi) is 3.64. The Labute approximate surface area is 103 Å². The van der Waals surface area contributed by atoms with Crippen molar-refractivity contribution in [3.05, 3.63) is 34.2 Å². The van der Waals surface area contributed by atoms with Gasteiger partial charge in [0.25, 0.3) is 0 Å². The Morgan fingerprint density at radius 2 is 2.12 bits per heavy atom. The number of hydrogen-bond donors (Lipinski definition) is 1. The number of benzene rings is 1. The van der Waals surface area contributed by atoms with Gasteiger partial charge in [-0.15, -0.1) is 0 Å². The molecule has 0 amide bonds. The second kappa shape index (κ2) is 5.00. The van der Waals surface area contributed by atoms with E-state index in [2.05, 4.69) is 27.8 Å². The molecule has 0 aliphatic heterocycles. The van der Waals surface area contributed by atoms with Crippen molar-refractivity contribution in [2.75, 3.05) is 0 Å². The third-order valence-corrected chi connectivity index (χ3v) is 3.47. The van der Waals surface area contributed by atoms with Crippen LogP contribution >= 0.6 is 15.9 Å². The molecule has 1 aromatic carbocycles. The average Bonchev–Trinajstić information content (AvgIpc) is 2.62. The molecule has 1 aromatic heterocycles. The lowest BCUT2D eigenvalue weighted by Gasteiger charge is -2.00. The Hall–Kier alpha value is -0.830. The van der Waals surface area contributed by atoms with E-state index in [1.165, 1.54) is 24.5 Å². The minimum atomic E-state index is -0.185. The van der Waals surface area contributed by atoms with Gasteiger partial charge in [-0.05, 0) is 46.5 Å². The molecule has 86 valence electrons. The maximum atomic E-state index is 13.3.